The zero-order valence-corrected chi connectivity index (χ0v) is 7.87. The molecule has 0 aromatic carbocycles. The van der Waals surface area contributed by atoms with E-state index in [1.165, 1.54) is 39.1 Å². The number of hydrogen-bond acceptors (Lipinski definition) is 2. The van der Waals surface area contributed by atoms with Gasteiger partial charge in [-0.25, -0.2) is 0 Å². The third-order valence-electron chi connectivity index (χ3n) is 1.95. The van der Waals surface area contributed by atoms with Gasteiger partial charge in [-0.3, -0.25) is 4.67 Å². The van der Waals surface area contributed by atoms with Gasteiger partial charge in [0.2, 0.25) is 0 Å². The molecule has 0 N–H and O–H groups in total. The highest BCUT2D eigenvalue weighted by molar-refractivity contribution is 7.13. The average Bonchev–Trinajstić information content (AvgIpc) is 1.95. The second-order valence-electron chi connectivity index (χ2n) is 2.88. The lowest BCUT2D eigenvalue weighted by Gasteiger charge is -2.31. The van der Waals surface area contributed by atoms with Crippen LogP contribution in [0.1, 0.15) is 13.3 Å². The minimum atomic E-state index is 1.21. The second-order valence-corrected chi connectivity index (χ2v) is 3.61. The van der Waals surface area contributed by atoms with E-state index < -0.39 is 0 Å². The van der Waals surface area contributed by atoms with Crippen molar-refractivity contribution in [2.24, 2.45) is 0 Å². The lowest BCUT2D eigenvalue weighted by Crippen LogP contribution is -2.42. The number of rotatable bonds is 2. The first-order valence-electron chi connectivity index (χ1n) is 4.05. The summed E-state index contributed by atoms with van der Waals surface area (Å²) in [6, 6.07) is 0. The van der Waals surface area contributed by atoms with Crippen molar-refractivity contribution in [3.05, 3.63) is 0 Å². The molecule has 1 aliphatic rings. The molecule has 0 radical (unpaired) electrons. The molecule has 0 amide bonds. The molecular formula is C7H17N2P. The van der Waals surface area contributed by atoms with Gasteiger partial charge in [-0.15, -0.1) is 0 Å². The standard InChI is InChI=1S/C7H17N2P/c1-2-3-8-4-6-9(10)7-5-8/h2-7,10H2,1H3. The van der Waals surface area contributed by atoms with Crippen LogP contribution < -0.4 is 0 Å². The maximum absolute atomic E-state index is 2.76. The fourth-order valence-electron chi connectivity index (χ4n) is 1.30. The van der Waals surface area contributed by atoms with Crippen molar-refractivity contribution in [3.8, 4) is 0 Å². The quantitative estimate of drug-likeness (QED) is 0.551. The summed E-state index contributed by atoms with van der Waals surface area (Å²) in [5.41, 5.74) is 0. The molecule has 0 aromatic rings. The molecule has 0 aromatic heterocycles. The molecule has 3 heteroatoms. The first kappa shape index (κ1) is 8.45. The molecule has 1 aliphatic heterocycles. The molecule has 0 spiro atoms. The van der Waals surface area contributed by atoms with E-state index in [0.29, 0.717) is 0 Å². The van der Waals surface area contributed by atoms with Crippen molar-refractivity contribution in [2.45, 2.75) is 13.3 Å². The van der Waals surface area contributed by atoms with Crippen molar-refractivity contribution < 1.29 is 0 Å². The Hall–Kier alpha value is 0.350. The normalized spacial score (nSPS) is 23.4. The fourth-order valence-corrected chi connectivity index (χ4v) is 1.53. The molecule has 1 atom stereocenters. The van der Waals surface area contributed by atoms with Gasteiger partial charge in [0.1, 0.15) is 0 Å². The highest BCUT2D eigenvalue weighted by atomic mass is 31.0. The highest BCUT2D eigenvalue weighted by Gasteiger charge is 2.11. The summed E-state index contributed by atoms with van der Waals surface area (Å²) >= 11 is 0. The molecule has 1 rings (SSSR count). The Morgan fingerprint density at radius 3 is 2.30 bits per heavy atom. The fraction of sp³-hybridized carbons (Fsp3) is 1.00. The largest absolute Gasteiger partial charge is 0.301 e. The molecule has 1 saturated heterocycles. The van der Waals surface area contributed by atoms with Crippen LogP contribution in [0.5, 0.6) is 0 Å². The molecule has 0 saturated carbocycles. The second kappa shape index (κ2) is 4.27. The summed E-state index contributed by atoms with van der Waals surface area (Å²) in [4.78, 5) is 2.53. The summed E-state index contributed by atoms with van der Waals surface area (Å²) in [5.74, 6) is 0. The Balaban J connectivity index is 2.13. The highest BCUT2D eigenvalue weighted by Crippen LogP contribution is 2.05. The van der Waals surface area contributed by atoms with Gasteiger partial charge in [0.15, 0.2) is 0 Å². The summed E-state index contributed by atoms with van der Waals surface area (Å²) in [6.07, 6.45) is 1.29. The van der Waals surface area contributed by atoms with E-state index in [1.54, 1.807) is 0 Å². The van der Waals surface area contributed by atoms with E-state index in [4.69, 9.17) is 0 Å². The third kappa shape index (κ3) is 2.53. The molecule has 2 nitrogen and oxygen atoms in total. The first-order chi connectivity index (χ1) is 4.83. The summed E-state index contributed by atoms with van der Waals surface area (Å²) in [7, 11) is 2.76. The molecule has 60 valence electrons. The molecule has 1 unspecified atom stereocenters. The number of nitrogens with zero attached hydrogens (tertiary/aromatic N) is 2. The van der Waals surface area contributed by atoms with Gasteiger partial charge in [0, 0.05) is 26.2 Å². The first-order valence-corrected chi connectivity index (χ1v) is 4.56. The topological polar surface area (TPSA) is 6.48 Å². The van der Waals surface area contributed by atoms with Crippen molar-refractivity contribution in [1.29, 1.82) is 0 Å². The van der Waals surface area contributed by atoms with Crippen LogP contribution in [0.4, 0.5) is 0 Å². The SMILES string of the molecule is CCCN1CCN(P)CC1. The summed E-state index contributed by atoms with van der Waals surface area (Å²) < 4.78 is 2.31. The smallest absolute Gasteiger partial charge is 0.0145 e. The van der Waals surface area contributed by atoms with Crippen LogP contribution in [-0.4, -0.2) is 42.3 Å². The van der Waals surface area contributed by atoms with Crippen molar-refractivity contribution in [2.75, 3.05) is 32.7 Å². The number of piperazine rings is 1. The van der Waals surface area contributed by atoms with Crippen LogP contribution in [0.2, 0.25) is 0 Å². The predicted molar refractivity (Wildman–Crippen MR) is 48.0 cm³/mol. The molecular weight excluding hydrogens is 143 g/mol. The molecule has 10 heavy (non-hydrogen) atoms. The average molecular weight is 160 g/mol. The lowest BCUT2D eigenvalue weighted by molar-refractivity contribution is 0.196. The van der Waals surface area contributed by atoms with Gasteiger partial charge in [-0.2, -0.15) is 0 Å². The van der Waals surface area contributed by atoms with Crippen molar-refractivity contribution >= 4 is 9.39 Å². The zero-order valence-electron chi connectivity index (χ0n) is 6.71. The van der Waals surface area contributed by atoms with Crippen LogP contribution in [0.15, 0.2) is 0 Å². The predicted octanol–water partition coefficient (Wildman–Crippen LogP) is 0.804. The monoisotopic (exact) mass is 160 g/mol. The Morgan fingerprint density at radius 2 is 1.80 bits per heavy atom. The van der Waals surface area contributed by atoms with Crippen LogP contribution in [0.3, 0.4) is 0 Å². The van der Waals surface area contributed by atoms with E-state index >= 15 is 0 Å². The minimum absolute atomic E-state index is 1.21. The third-order valence-corrected chi connectivity index (χ3v) is 2.46. The summed E-state index contributed by atoms with van der Waals surface area (Å²) in [6.45, 7) is 8.44. The van der Waals surface area contributed by atoms with Gasteiger partial charge >= 0.3 is 0 Å². The number of hydrogen-bond donors (Lipinski definition) is 0. The lowest BCUT2D eigenvalue weighted by atomic mass is 10.3. The Labute approximate surface area is 65.8 Å². The van der Waals surface area contributed by atoms with Crippen molar-refractivity contribution in [3.63, 3.8) is 0 Å². The molecule has 0 aliphatic carbocycles. The minimum Gasteiger partial charge on any atom is -0.301 e. The van der Waals surface area contributed by atoms with Crippen LogP contribution in [0.25, 0.3) is 0 Å². The summed E-state index contributed by atoms with van der Waals surface area (Å²) in [5, 5.41) is 0. The van der Waals surface area contributed by atoms with E-state index in [-0.39, 0.29) is 0 Å². The molecule has 0 bridgehead atoms. The van der Waals surface area contributed by atoms with E-state index in [0.717, 1.165) is 0 Å². The van der Waals surface area contributed by atoms with Crippen LogP contribution >= 0.6 is 9.39 Å². The maximum atomic E-state index is 2.76. The van der Waals surface area contributed by atoms with Crippen LogP contribution in [0, 0.1) is 0 Å². The maximum Gasteiger partial charge on any atom is 0.0145 e. The molecule has 1 fully saturated rings. The van der Waals surface area contributed by atoms with Crippen molar-refractivity contribution in [1.82, 2.24) is 9.57 Å². The Kier molecular flexibility index (Phi) is 3.61. The van der Waals surface area contributed by atoms with Gasteiger partial charge in [0.05, 0.1) is 0 Å². The van der Waals surface area contributed by atoms with E-state index in [2.05, 4.69) is 25.9 Å². The van der Waals surface area contributed by atoms with E-state index in [9.17, 15) is 0 Å². The van der Waals surface area contributed by atoms with Gasteiger partial charge < -0.3 is 4.90 Å². The molecule has 1 heterocycles. The van der Waals surface area contributed by atoms with Gasteiger partial charge in [-0.05, 0) is 13.0 Å². The van der Waals surface area contributed by atoms with Gasteiger partial charge in [-0.1, -0.05) is 16.3 Å². The van der Waals surface area contributed by atoms with Gasteiger partial charge in [0.25, 0.3) is 0 Å². The van der Waals surface area contributed by atoms with Crippen LogP contribution in [-0.2, 0) is 0 Å². The van der Waals surface area contributed by atoms with E-state index in [1.807, 2.05) is 0 Å². The zero-order chi connectivity index (χ0) is 7.40. The Morgan fingerprint density at radius 1 is 1.20 bits per heavy atom. The Bertz CT molecular complexity index is 89.6.